The van der Waals surface area contributed by atoms with Gasteiger partial charge in [-0.1, -0.05) is 163 Å². The van der Waals surface area contributed by atoms with E-state index in [9.17, 15) is 0 Å². The van der Waals surface area contributed by atoms with Gasteiger partial charge in [0.25, 0.3) is 0 Å². The number of fused-ring (bicyclic) bond motifs is 6. The molecule has 218 valence electrons. The van der Waals surface area contributed by atoms with Crippen LogP contribution in [0.4, 0.5) is 0 Å². The van der Waals surface area contributed by atoms with Crippen molar-refractivity contribution in [2.24, 2.45) is 0 Å². The first-order chi connectivity index (χ1) is 20.8. The van der Waals surface area contributed by atoms with Gasteiger partial charge in [0.1, 0.15) is 0 Å². The lowest BCUT2D eigenvalue weighted by Crippen LogP contribution is -2.15. The van der Waals surface area contributed by atoms with Crippen LogP contribution in [-0.4, -0.2) is 0 Å². The Kier molecular flexibility index (Phi) is 7.42. The maximum absolute atomic E-state index is 4.02. The van der Waals surface area contributed by atoms with Crippen molar-refractivity contribution >= 4 is 5.57 Å². The van der Waals surface area contributed by atoms with E-state index < -0.39 is 0 Å². The summed E-state index contributed by atoms with van der Waals surface area (Å²) in [6, 6.07) is 40.5. The molecule has 0 spiro atoms. The predicted octanol–water partition coefficient (Wildman–Crippen LogP) is 12.0. The van der Waals surface area contributed by atoms with E-state index in [1.807, 2.05) is 6.08 Å². The number of allylic oxidation sites excluding steroid dienone is 5. The van der Waals surface area contributed by atoms with Crippen molar-refractivity contribution in [3.05, 3.63) is 173 Å². The SMILES string of the molecule is C.C=C/C=C(\C=C/Cc1ccc2c(c1)C(C)(C)c1cc(-c3ccccc3)ccc1-2)c1ccc2c(c1)C(C)(C)c1ccccc1-2. The smallest absolute Gasteiger partial charge is 0.0159 e. The van der Waals surface area contributed by atoms with Crippen LogP contribution in [0.3, 0.4) is 0 Å². The summed E-state index contributed by atoms with van der Waals surface area (Å²) < 4.78 is 0. The molecule has 0 N–H and O–H groups in total. The van der Waals surface area contributed by atoms with Crippen LogP contribution >= 0.6 is 0 Å². The Balaban J connectivity index is 0.00000343. The molecule has 0 saturated carbocycles. The molecule has 44 heavy (non-hydrogen) atoms. The van der Waals surface area contributed by atoms with Gasteiger partial charge in [0.2, 0.25) is 0 Å². The van der Waals surface area contributed by atoms with Crippen LogP contribution in [0.25, 0.3) is 39.0 Å². The minimum atomic E-state index is -0.0438. The quantitative estimate of drug-likeness (QED) is 0.178. The van der Waals surface area contributed by atoms with E-state index in [2.05, 4.69) is 162 Å². The molecule has 0 fully saturated rings. The molecular weight excluding hydrogens is 528 g/mol. The van der Waals surface area contributed by atoms with E-state index >= 15 is 0 Å². The highest BCUT2D eigenvalue weighted by Crippen LogP contribution is 2.51. The molecule has 0 atom stereocenters. The third-order valence-corrected chi connectivity index (χ3v) is 9.71. The molecule has 0 radical (unpaired) electrons. The third kappa shape index (κ3) is 4.70. The molecule has 2 aliphatic carbocycles. The molecule has 2 aliphatic rings. The summed E-state index contributed by atoms with van der Waals surface area (Å²) in [6.07, 6.45) is 9.46. The van der Waals surface area contributed by atoms with Gasteiger partial charge in [0.15, 0.2) is 0 Å². The molecule has 5 aromatic rings. The van der Waals surface area contributed by atoms with Crippen LogP contribution < -0.4 is 0 Å². The number of rotatable bonds is 6. The lowest BCUT2D eigenvalue weighted by Gasteiger charge is -2.22. The van der Waals surface area contributed by atoms with Gasteiger partial charge < -0.3 is 0 Å². The molecule has 0 heteroatoms. The van der Waals surface area contributed by atoms with E-state index in [0.717, 1.165) is 6.42 Å². The van der Waals surface area contributed by atoms with Crippen LogP contribution in [0, 0.1) is 0 Å². The summed E-state index contributed by atoms with van der Waals surface area (Å²) in [5, 5.41) is 0. The molecule has 0 bridgehead atoms. The second kappa shape index (κ2) is 11.1. The Hall–Kier alpha value is -4.68. The predicted molar refractivity (Wildman–Crippen MR) is 191 cm³/mol. The highest BCUT2D eigenvalue weighted by Gasteiger charge is 2.36. The maximum atomic E-state index is 4.02. The van der Waals surface area contributed by atoms with Crippen molar-refractivity contribution in [3.63, 3.8) is 0 Å². The van der Waals surface area contributed by atoms with Gasteiger partial charge in [-0.05, 0) is 90.9 Å². The normalized spacial score (nSPS) is 15.2. The fourth-order valence-electron chi connectivity index (χ4n) is 7.30. The van der Waals surface area contributed by atoms with Gasteiger partial charge >= 0.3 is 0 Å². The van der Waals surface area contributed by atoms with Gasteiger partial charge in [0, 0.05) is 10.8 Å². The Morgan fingerprint density at radius 1 is 0.591 bits per heavy atom. The van der Waals surface area contributed by atoms with Crippen LogP contribution in [0.15, 0.2) is 140 Å². The monoisotopic (exact) mass is 570 g/mol. The van der Waals surface area contributed by atoms with Crippen LogP contribution in [0.2, 0.25) is 0 Å². The van der Waals surface area contributed by atoms with E-state index in [-0.39, 0.29) is 18.3 Å². The maximum Gasteiger partial charge on any atom is 0.0159 e. The minimum Gasteiger partial charge on any atom is -0.0990 e. The van der Waals surface area contributed by atoms with E-state index in [0.29, 0.717) is 0 Å². The van der Waals surface area contributed by atoms with Crippen molar-refractivity contribution in [3.8, 4) is 33.4 Å². The molecule has 0 unspecified atom stereocenters. The second-order valence-electron chi connectivity index (χ2n) is 13.0. The molecule has 0 aliphatic heterocycles. The number of benzene rings is 5. The Bertz CT molecular complexity index is 1940. The Morgan fingerprint density at radius 2 is 1.18 bits per heavy atom. The Labute approximate surface area is 264 Å². The topological polar surface area (TPSA) is 0 Å². The van der Waals surface area contributed by atoms with Crippen molar-refractivity contribution in [2.45, 2.75) is 52.4 Å². The third-order valence-electron chi connectivity index (χ3n) is 9.71. The molecule has 5 aromatic carbocycles. The highest BCUT2D eigenvalue weighted by atomic mass is 14.4. The van der Waals surface area contributed by atoms with Gasteiger partial charge in [-0.25, -0.2) is 0 Å². The summed E-state index contributed by atoms with van der Waals surface area (Å²) in [5.74, 6) is 0. The number of hydrogen-bond donors (Lipinski definition) is 0. The van der Waals surface area contributed by atoms with E-state index in [4.69, 9.17) is 0 Å². The summed E-state index contributed by atoms with van der Waals surface area (Å²) >= 11 is 0. The Morgan fingerprint density at radius 3 is 1.93 bits per heavy atom. The number of hydrogen-bond acceptors (Lipinski definition) is 0. The standard InChI is InChI=1S/C43H38.CH4/c1-6-13-30(32-21-24-36-34-18-10-11-19-38(34)42(2,3)40(36)27-32)17-12-14-29-20-23-35-37-25-22-33(31-15-8-7-9-16-31)28-41(37)43(4,5)39(35)26-29;/h6-13,15-28H,1,14H2,2-5H3;1H4/b17-12-,30-13+;. The van der Waals surface area contributed by atoms with Crippen molar-refractivity contribution < 1.29 is 0 Å². The first-order valence-electron chi connectivity index (χ1n) is 15.4. The van der Waals surface area contributed by atoms with Gasteiger partial charge in [0.05, 0.1) is 0 Å². The van der Waals surface area contributed by atoms with Crippen molar-refractivity contribution in [1.82, 2.24) is 0 Å². The van der Waals surface area contributed by atoms with Crippen molar-refractivity contribution in [1.29, 1.82) is 0 Å². The summed E-state index contributed by atoms with van der Waals surface area (Å²) in [4.78, 5) is 0. The van der Waals surface area contributed by atoms with Gasteiger partial charge in [-0.2, -0.15) is 0 Å². The van der Waals surface area contributed by atoms with Gasteiger partial charge in [-0.15, -0.1) is 0 Å². The summed E-state index contributed by atoms with van der Waals surface area (Å²) in [5.41, 5.74) is 17.3. The molecule has 0 aromatic heterocycles. The largest absolute Gasteiger partial charge is 0.0990 e. The zero-order valence-electron chi connectivity index (χ0n) is 25.6. The lowest BCUT2D eigenvalue weighted by molar-refractivity contribution is 0.659. The average molecular weight is 571 g/mol. The van der Waals surface area contributed by atoms with Crippen LogP contribution in [0.5, 0.6) is 0 Å². The average Bonchev–Trinajstić information content (AvgIpc) is 3.40. The first-order valence-corrected chi connectivity index (χ1v) is 15.4. The fraction of sp³-hybridized carbons (Fsp3) is 0.182. The van der Waals surface area contributed by atoms with Crippen molar-refractivity contribution in [2.75, 3.05) is 0 Å². The lowest BCUT2D eigenvalue weighted by atomic mass is 9.81. The molecule has 7 rings (SSSR count). The molecule has 0 amide bonds. The molecular formula is C44H42. The molecule has 0 nitrogen and oxygen atoms in total. The second-order valence-corrected chi connectivity index (χ2v) is 13.0. The minimum absolute atomic E-state index is 0. The summed E-state index contributed by atoms with van der Waals surface area (Å²) in [6.45, 7) is 13.4. The van der Waals surface area contributed by atoms with Crippen LogP contribution in [0.1, 0.15) is 68.5 Å². The molecule has 0 saturated heterocycles. The molecule has 0 heterocycles. The van der Waals surface area contributed by atoms with Gasteiger partial charge in [-0.3, -0.25) is 0 Å². The van der Waals surface area contributed by atoms with E-state index in [1.165, 1.54) is 72.3 Å². The van der Waals surface area contributed by atoms with E-state index in [1.54, 1.807) is 0 Å². The zero-order chi connectivity index (χ0) is 29.8. The first kappa shape index (κ1) is 29.4. The summed E-state index contributed by atoms with van der Waals surface area (Å²) in [7, 11) is 0. The van der Waals surface area contributed by atoms with Crippen LogP contribution in [-0.2, 0) is 17.3 Å². The zero-order valence-corrected chi connectivity index (χ0v) is 25.6. The fourth-order valence-corrected chi connectivity index (χ4v) is 7.30. The highest BCUT2D eigenvalue weighted by molar-refractivity contribution is 5.85.